The number of hydrogen-bond donors (Lipinski definition) is 1. The van der Waals surface area contributed by atoms with Crippen LogP contribution in [-0.4, -0.2) is 56.9 Å². The van der Waals surface area contributed by atoms with Gasteiger partial charge in [0.15, 0.2) is 0 Å². The van der Waals surface area contributed by atoms with E-state index < -0.39 is 10.0 Å². The van der Waals surface area contributed by atoms with E-state index in [0.29, 0.717) is 30.4 Å². The minimum Gasteiger partial charge on any atom is -0.330 e. The summed E-state index contributed by atoms with van der Waals surface area (Å²) in [6, 6.07) is 8.68. The van der Waals surface area contributed by atoms with Gasteiger partial charge in [0.2, 0.25) is 10.0 Å². The molecule has 0 aromatic heterocycles. The topological polar surface area (TPSA) is 66.6 Å². The quantitative estimate of drug-likeness (QED) is 0.880. The molecule has 6 heteroatoms. The third-order valence-corrected chi connectivity index (χ3v) is 5.81. The predicted molar refractivity (Wildman–Crippen MR) is 84.5 cm³/mol. The van der Waals surface area contributed by atoms with Gasteiger partial charge < -0.3 is 10.6 Å². The molecular formula is C15H25N3O2S. The maximum Gasteiger partial charge on any atom is 0.243 e. The molecule has 1 aromatic carbocycles. The maximum absolute atomic E-state index is 12.6. The molecule has 2 rings (SSSR count). The molecule has 1 unspecified atom stereocenters. The zero-order valence-corrected chi connectivity index (χ0v) is 13.4. The highest BCUT2D eigenvalue weighted by Crippen LogP contribution is 2.17. The van der Waals surface area contributed by atoms with Gasteiger partial charge in [0.25, 0.3) is 0 Å². The first kappa shape index (κ1) is 16.4. The predicted octanol–water partition coefficient (Wildman–Crippen LogP) is 0.978. The van der Waals surface area contributed by atoms with Crippen LogP contribution in [0.25, 0.3) is 0 Å². The first-order chi connectivity index (χ1) is 10.0. The highest BCUT2D eigenvalue weighted by molar-refractivity contribution is 7.89. The summed E-state index contributed by atoms with van der Waals surface area (Å²) < 4.78 is 26.8. The van der Waals surface area contributed by atoms with Crippen molar-refractivity contribution in [1.82, 2.24) is 9.21 Å². The monoisotopic (exact) mass is 311 g/mol. The molecule has 0 amide bonds. The maximum atomic E-state index is 12.6. The molecule has 2 N–H and O–H groups in total. The van der Waals surface area contributed by atoms with E-state index in [9.17, 15) is 8.42 Å². The Kier molecular flexibility index (Phi) is 5.75. The molecule has 1 heterocycles. The lowest BCUT2D eigenvalue weighted by atomic mass is 10.1. The Bertz CT molecular complexity index is 533. The molecule has 0 saturated carbocycles. The van der Waals surface area contributed by atoms with Crippen molar-refractivity contribution in [3.05, 3.63) is 30.3 Å². The molecule has 0 bridgehead atoms. The second-order valence-electron chi connectivity index (χ2n) is 5.71. The van der Waals surface area contributed by atoms with Crippen molar-refractivity contribution in [3.63, 3.8) is 0 Å². The van der Waals surface area contributed by atoms with E-state index in [4.69, 9.17) is 5.73 Å². The van der Waals surface area contributed by atoms with E-state index in [2.05, 4.69) is 11.8 Å². The van der Waals surface area contributed by atoms with Crippen molar-refractivity contribution < 1.29 is 8.42 Å². The van der Waals surface area contributed by atoms with Crippen LogP contribution in [-0.2, 0) is 10.0 Å². The van der Waals surface area contributed by atoms with Crippen LogP contribution in [0, 0.1) is 5.92 Å². The molecular weight excluding hydrogens is 286 g/mol. The van der Waals surface area contributed by atoms with Crippen LogP contribution in [0.1, 0.15) is 13.3 Å². The number of nitrogens with zero attached hydrogens (tertiary/aromatic N) is 2. The number of rotatable bonds is 5. The summed E-state index contributed by atoms with van der Waals surface area (Å²) in [6.45, 7) is 6.59. The summed E-state index contributed by atoms with van der Waals surface area (Å²) in [6.07, 6.45) is 0.864. The van der Waals surface area contributed by atoms with Gasteiger partial charge in [-0.15, -0.1) is 0 Å². The lowest BCUT2D eigenvalue weighted by Gasteiger charge is -2.23. The molecule has 0 spiro atoms. The lowest BCUT2D eigenvalue weighted by molar-refractivity contribution is 0.250. The normalized spacial score (nSPS) is 20.1. The Morgan fingerprint density at radius 2 is 1.86 bits per heavy atom. The molecule has 1 atom stereocenters. The van der Waals surface area contributed by atoms with Crippen LogP contribution < -0.4 is 5.73 Å². The molecule has 1 aliphatic rings. The summed E-state index contributed by atoms with van der Waals surface area (Å²) in [5.74, 6) is 0.447. The van der Waals surface area contributed by atoms with Crippen LogP contribution in [0.3, 0.4) is 0 Å². The third-order valence-electron chi connectivity index (χ3n) is 3.90. The lowest BCUT2D eigenvalue weighted by Crippen LogP contribution is -2.37. The Morgan fingerprint density at radius 1 is 1.14 bits per heavy atom. The Balaban J connectivity index is 2.03. The van der Waals surface area contributed by atoms with Crippen LogP contribution in [0.5, 0.6) is 0 Å². The van der Waals surface area contributed by atoms with Crippen LogP contribution in [0.2, 0.25) is 0 Å². The zero-order chi connectivity index (χ0) is 15.3. The van der Waals surface area contributed by atoms with Crippen LogP contribution >= 0.6 is 0 Å². The molecule has 118 valence electrons. The Morgan fingerprint density at radius 3 is 2.52 bits per heavy atom. The fraction of sp³-hybridized carbons (Fsp3) is 0.600. The first-order valence-corrected chi connectivity index (χ1v) is 8.95. The van der Waals surface area contributed by atoms with Gasteiger partial charge in [-0.25, -0.2) is 8.42 Å². The molecule has 1 saturated heterocycles. The molecule has 0 radical (unpaired) electrons. The summed E-state index contributed by atoms with van der Waals surface area (Å²) >= 11 is 0. The van der Waals surface area contributed by atoms with Crippen molar-refractivity contribution in [1.29, 1.82) is 0 Å². The smallest absolute Gasteiger partial charge is 0.243 e. The Hall–Kier alpha value is -0.950. The van der Waals surface area contributed by atoms with Crippen molar-refractivity contribution >= 4 is 10.0 Å². The van der Waals surface area contributed by atoms with E-state index in [1.54, 1.807) is 28.6 Å². The largest absolute Gasteiger partial charge is 0.330 e. The third kappa shape index (κ3) is 4.26. The van der Waals surface area contributed by atoms with Gasteiger partial charge in [-0.2, -0.15) is 4.31 Å². The average molecular weight is 311 g/mol. The van der Waals surface area contributed by atoms with E-state index in [-0.39, 0.29) is 0 Å². The van der Waals surface area contributed by atoms with Crippen molar-refractivity contribution in [3.8, 4) is 0 Å². The molecule has 21 heavy (non-hydrogen) atoms. The van der Waals surface area contributed by atoms with E-state index >= 15 is 0 Å². The fourth-order valence-corrected chi connectivity index (χ4v) is 4.12. The average Bonchev–Trinajstić information content (AvgIpc) is 2.74. The highest BCUT2D eigenvalue weighted by atomic mass is 32.2. The SMILES string of the molecule is CC(CN)CN1CCCN(S(=O)(=O)c2ccccc2)CC1. The molecule has 1 fully saturated rings. The highest BCUT2D eigenvalue weighted by Gasteiger charge is 2.26. The van der Waals surface area contributed by atoms with Crippen molar-refractivity contribution in [2.45, 2.75) is 18.2 Å². The number of hydrogen-bond acceptors (Lipinski definition) is 4. The van der Waals surface area contributed by atoms with Gasteiger partial charge in [-0.1, -0.05) is 25.1 Å². The van der Waals surface area contributed by atoms with E-state index in [1.165, 1.54) is 0 Å². The van der Waals surface area contributed by atoms with E-state index in [1.807, 2.05) is 6.07 Å². The van der Waals surface area contributed by atoms with Gasteiger partial charge >= 0.3 is 0 Å². The molecule has 1 aliphatic heterocycles. The van der Waals surface area contributed by atoms with Crippen LogP contribution in [0.4, 0.5) is 0 Å². The minimum absolute atomic E-state index is 0.383. The number of benzene rings is 1. The van der Waals surface area contributed by atoms with Gasteiger partial charge in [-0.3, -0.25) is 0 Å². The Labute approximate surface area is 127 Å². The first-order valence-electron chi connectivity index (χ1n) is 7.51. The summed E-state index contributed by atoms with van der Waals surface area (Å²) in [5.41, 5.74) is 5.67. The van der Waals surface area contributed by atoms with Crippen LogP contribution in [0.15, 0.2) is 35.2 Å². The van der Waals surface area contributed by atoms with Crippen molar-refractivity contribution in [2.75, 3.05) is 39.3 Å². The molecule has 1 aromatic rings. The van der Waals surface area contributed by atoms with Crippen molar-refractivity contribution in [2.24, 2.45) is 11.7 Å². The van der Waals surface area contributed by atoms with Gasteiger partial charge in [0, 0.05) is 26.2 Å². The fourth-order valence-electron chi connectivity index (χ4n) is 2.63. The number of nitrogens with two attached hydrogens (primary N) is 1. The van der Waals surface area contributed by atoms with Gasteiger partial charge in [0.05, 0.1) is 4.90 Å². The minimum atomic E-state index is -3.36. The second-order valence-corrected chi connectivity index (χ2v) is 7.65. The van der Waals surface area contributed by atoms with E-state index in [0.717, 1.165) is 26.1 Å². The molecule has 5 nitrogen and oxygen atoms in total. The summed E-state index contributed by atoms with van der Waals surface area (Å²) in [4.78, 5) is 2.70. The number of sulfonamides is 1. The zero-order valence-electron chi connectivity index (χ0n) is 12.6. The molecule has 0 aliphatic carbocycles. The second kappa shape index (κ2) is 7.35. The summed E-state index contributed by atoms with van der Waals surface area (Å²) in [7, 11) is -3.36. The standard InChI is InChI=1S/C15H25N3O2S/c1-14(12-16)13-17-8-5-9-18(11-10-17)21(19,20)15-6-3-2-4-7-15/h2-4,6-7,14H,5,8-13,16H2,1H3. The summed E-state index contributed by atoms with van der Waals surface area (Å²) in [5, 5.41) is 0. The van der Waals surface area contributed by atoms with Gasteiger partial charge in [-0.05, 0) is 37.6 Å². The van der Waals surface area contributed by atoms with Gasteiger partial charge in [0.1, 0.15) is 0 Å².